The predicted octanol–water partition coefficient (Wildman–Crippen LogP) is 7.05. The first-order valence-corrected chi connectivity index (χ1v) is 11.1. The first-order valence-electron chi connectivity index (χ1n) is 10.3. The largest absolute Gasteiger partial charge is 0.334 e. The number of nitrogens with zero attached hydrogens (tertiary/aromatic N) is 3. The molecule has 31 heavy (non-hydrogen) atoms. The second-order valence-corrected chi connectivity index (χ2v) is 8.30. The Morgan fingerprint density at radius 2 is 1.26 bits per heavy atom. The van der Waals surface area contributed by atoms with E-state index in [1.54, 1.807) is 0 Å². The van der Waals surface area contributed by atoms with Crippen LogP contribution < -0.4 is 9.80 Å². The Labute approximate surface area is 191 Å². The number of benzene rings is 4. The van der Waals surface area contributed by atoms with E-state index in [0.29, 0.717) is 6.67 Å². The zero-order valence-corrected chi connectivity index (χ0v) is 18.6. The van der Waals surface area contributed by atoms with E-state index >= 15 is 0 Å². The Balaban J connectivity index is 1.46. The van der Waals surface area contributed by atoms with Gasteiger partial charge in [0.25, 0.3) is 0 Å². The lowest BCUT2D eigenvalue weighted by atomic mass is 9.98. The molecular formula is C27H22BrN3. The third kappa shape index (κ3) is 4.12. The zero-order chi connectivity index (χ0) is 21.0. The van der Waals surface area contributed by atoms with Crippen molar-refractivity contribution in [2.24, 2.45) is 4.99 Å². The van der Waals surface area contributed by atoms with Crippen LogP contribution >= 0.6 is 15.9 Å². The Morgan fingerprint density at radius 1 is 0.645 bits per heavy atom. The molecule has 0 N–H and O–H groups in total. The van der Waals surface area contributed by atoms with Crippen LogP contribution in [0.1, 0.15) is 0 Å². The van der Waals surface area contributed by atoms with Crippen LogP contribution in [0.3, 0.4) is 0 Å². The van der Waals surface area contributed by atoms with Gasteiger partial charge in [-0.2, -0.15) is 0 Å². The van der Waals surface area contributed by atoms with E-state index in [1.807, 2.05) is 18.5 Å². The van der Waals surface area contributed by atoms with E-state index in [-0.39, 0.29) is 0 Å². The summed E-state index contributed by atoms with van der Waals surface area (Å²) in [5.41, 5.74) is 7.05. The van der Waals surface area contributed by atoms with Gasteiger partial charge in [-0.3, -0.25) is 4.99 Å². The van der Waals surface area contributed by atoms with Crippen molar-refractivity contribution in [2.45, 2.75) is 0 Å². The zero-order valence-electron chi connectivity index (χ0n) is 17.0. The van der Waals surface area contributed by atoms with E-state index in [1.165, 1.54) is 27.9 Å². The highest BCUT2D eigenvalue weighted by Gasteiger charge is 2.16. The number of halogens is 1. The molecule has 4 heteroatoms. The molecule has 4 aromatic carbocycles. The highest BCUT2D eigenvalue weighted by atomic mass is 79.9. The smallest absolute Gasteiger partial charge is 0.113 e. The molecule has 0 aromatic heterocycles. The monoisotopic (exact) mass is 467 g/mol. The van der Waals surface area contributed by atoms with Crippen LogP contribution in [0.2, 0.25) is 0 Å². The molecule has 0 spiro atoms. The molecule has 1 heterocycles. The maximum absolute atomic E-state index is 4.58. The van der Waals surface area contributed by atoms with Gasteiger partial charge in [-0.05, 0) is 62.4 Å². The van der Waals surface area contributed by atoms with Crippen molar-refractivity contribution in [1.29, 1.82) is 0 Å². The van der Waals surface area contributed by atoms with Crippen LogP contribution in [0.5, 0.6) is 0 Å². The Kier molecular flexibility index (Phi) is 5.55. The van der Waals surface area contributed by atoms with Crippen molar-refractivity contribution in [3.05, 3.63) is 108 Å². The molecule has 3 nitrogen and oxygen atoms in total. The van der Waals surface area contributed by atoms with Gasteiger partial charge in [-0.15, -0.1) is 0 Å². The summed E-state index contributed by atoms with van der Waals surface area (Å²) in [5.74, 6) is 0. The Morgan fingerprint density at radius 3 is 2.03 bits per heavy atom. The molecule has 4 aromatic rings. The van der Waals surface area contributed by atoms with Crippen LogP contribution in [0.25, 0.3) is 22.3 Å². The molecule has 0 bridgehead atoms. The molecule has 1 aliphatic rings. The van der Waals surface area contributed by atoms with Crippen molar-refractivity contribution < 1.29 is 0 Å². The summed E-state index contributed by atoms with van der Waals surface area (Å²) in [6.45, 7) is 1.44. The summed E-state index contributed by atoms with van der Waals surface area (Å²) in [7, 11) is 0. The van der Waals surface area contributed by atoms with Gasteiger partial charge in [0.15, 0.2) is 0 Å². The predicted molar refractivity (Wildman–Crippen MR) is 135 cm³/mol. The molecular weight excluding hydrogens is 446 g/mol. The fraction of sp³-hybridized carbons (Fsp3) is 0.0741. The maximum atomic E-state index is 4.58. The summed E-state index contributed by atoms with van der Waals surface area (Å²) in [4.78, 5) is 9.04. The van der Waals surface area contributed by atoms with Crippen LogP contribution in [-0.2, 0) is 0 Å². The highest BCUT2D eigenvalue weighted by Crippen LogP contribution is 2.37. The van der Waals surface area contributed by atoms with Crippen molar-refractivity contribution in [2.75, 3.05) is 23.1 Å². The van der Waals surface area contributed by atoms with E-state index in [0.717, 1.165) is 16.8 Å². The third-order valence-electron chi connectivity index (χ3n) is 5.49. The Bertz CT molecular complexity index is 1210. The van der Waals surface area contributed by atoms with Gasteiger partial charge in [-0.1, -0.05) is 78.9 Å². The maximum Gasteiger partial charge on any atom is 0.113 e. The first-order chi connectivity index (χ1) is 15.3. The third-order valence-corrected chi connectivity index (χ3v) is 6.34. The molecule has 0 radical (unpaired) electrons. The van der Waals surface area contributed by atoms with Gasteiger partial charge in [0.2, 0.25) is 0 Å². The second kappa shape index (κ2) is 8.78. The molecule has 0 saturated carbocycles. The van der Waals surface area contributed by atoms with Crippen molar-refractivity contribution >= 4 is 33.6 Å². The van der Waals surface area contributed by atoms with Crippen LogP contribution in [-0.4, -0.2) is 19.7 Å². The van der Waals surface area contributed by atoms with Crippen molar-refractivity contribution in [3.63, 3.8) is 0 Å². The SMILES string of the molecule is Brc1c(-c2ccccc2)cccc1-c1cccc(N2C=NCN(c3ccccc3)C2)c1. The van der Waals surface area contributed by atoms with Gasteiger partial charge in [0, 0.05) is 15.8 Å². The van der Waals surface area contributed by atoms with Crippen molar-refractivity contribution in [3.8, 4) is 22.3 Å². The van der Waals surface area contributed by atoms with Gasteiger partial charge in [-0.25, -0.2) is 0 Å². The average Bonchev–Trinajstić information content (AvgIpc) is 2.85. The van der Waals surface area contributed by atoms with Crippen LogP contribution in [0, 0.1) is 0 Å². The normalized spacial score (nSPS) is 13.5. The molecule has 0 saturated heterocycles. The minimum absolute atomic E-state index is 0.672. The molecule has 0 aliphatic carbocycles. The first kappa shape index (κ1) is 19.6. The average molecular weight is 468 g/mol. The van der Waals surface area contributed by atoms with Crippen LogP contribution in [0.15, 0.2) is 113 Å². The molecule has 0 fully saturated rings. The van der Waals surface area contributed by atoms with Crippen LogP contribution in [0.4, 0.5) is 11.4 Å². The number of hydrogen-bond acceptors (Lipinski definition) is 3. The van der Waals surface area contributed by atoms with Gasteiger partial charge < -0.3 is 9.80 Å². The van der Waals surface area contributed by atoms with E-state index < -0.39 is 0 Å². The van der Waals surface area contributed by atoms with Gasteiger partial charge in [0.05, 0.1) is 13.0 Å². The summed E-state index contributed by atoms with van der Waals surface area (Å²) >= 11 is 3.87. The lowest BCUT2D eigenvalue weighted by Gasteiger charge is -2.33. The quantitative estimate of drug-likeness (QED) is 0.320. The van der Waals surface area contributed by atoms with Gasteiger partial charge in [0.1, 0.15) is 6.67 Å². The number of aliphatic imine (C=N–C) groups is 1. The van der Waals surface area contributed by atoms with E-state index in [9.17, 15) is 0 Å². The molecule has 0 atom stereocenters. The fourth-order valence-electron chi connectivity index (χ4n) is 3.90. The molecule has 0 amide bonds. The molecule has 5 rings (SSSR count). The molecule has 0 unspecified atom stereocenters. The fourth-order valence-corrected chi connectivity index (χ4v) is 4.62. The van der Waals surface area contributed by atoms with E-state index in [4.69, 9.17) is 0 Å². The van der Waals surface area contributed by atoms with Gasteiger partial charge >= 0.3 is 0 Å². The standard InChI is InChI=1S/C27H22BrN3/c28-27-25(21-9-3-1-4-10-21)15-8-16-26(27)22-11-7-14-24(17-22)31-19-29-18-30(20-31)23-12-5-2-6-13-23/h1-17,19H,18,20H2. The highest BCUT2D eigenvalue weighted by molar-refractivity contribution is 9.10. The number of para-hydroxylation sites is 1. The molecule has 1 aliphatic heterocycles. The molecule has 152 valence electrons. The summed E-state index contributed by atoms with van der Waals surface area (Å²) in [6.07, 6.45) is 1.94. The second-order valence-electron chi connectivity index (χ2n) is 7.51. The lowest BCUT2D eigenvalue weighted by molar-refractivity contribution is 0.785. The summed E-state index contributed by atoms with van der Waals surface area (Å²) in [6, 6.07) is 36.0. The Hall–Kier alpha value is -3.37. The number of anilines is 2. The number of hydrogen-bond donors (Lipinski definition) is 0. The van der Waals surface area contributed by atoms with E-state index in [2.05, 4.69) is 122 Å². The lowest BCUT2D eigenvalue weighted by Crippen LogP contribution is -2.41. The summed E-state index contributed by atoms with van der Waals surface area (Å²) < 4.78 is 1.11. The van der Waals surface area contributed by atoms with Crippen molar-refractivity contribution in [1.82, 2.24) is 0 Å². The topological polar surface area (TPSA) is 18.8 Å². The number of rotatable bonds is 4. The summed E-state index contributed by atoms with van der Waals surface area (Å²) in [5, 5.41) is 0. The minimum atomic E-state index is 0.672. The minimum Gasteiger partial charge on any atom is -0.334 e.